The van der Waals surface area contributed by atoms with Gasteiger partial charge in [0.2, 0.25) is 5.79 Å². The van der Waals surface area contributed by atoms with Gasteiger partial charge in [-0.3, -0.25) is 0 Å². The lowest BCUT2D eigenvalue weighted by atomic mass is 9.97. The van der Waals surface area contributed by atoms with Crippen molar-refractivity contribution in [3.8, 4) is 0 Å². The SMILES string of the molecule is CCCCNCCC1COC(c2ccccc2)(c2ccccc2)O1. The summed E-state index contributed by atoms with van der Waals surface area (Å²) in [5.74, 6) is -0.781. The summed E-state index contributed by atoms with van der Waals surface area (Å²) in [6.45, 7) is 4.88. The van der Waals surface area contributed by atoms with E-state index in [0.717, 1.165) is 30.6 Å². The van der Waals surface area contributed by atoms with Crippen molar-refractivity contribution >= 4 is 0 Å². The lowest BCUT2D eigenvalue weighted by Gasteiger charge is -2.29. The number of nitrogens with one attached hydrogen (secondary N) is 1. The standard InChI is InChI=1S/C21H27NO2/c1-2-3-15-22-16-14-20-17-23-21(24-20,18-10-6-4-7-11-18)19-12-8-5-9-13-19/h4-13,20,22H,2-3,14-17H2,1H3. The van der Waals surface area contributed by atoms with Gasteiger partial charge in [-0.2, -0.15) is 0 Å². The molecule has 0 aromatic heterocycles. The first-order valence-corrected chi connectivity index (χ1v) is 8.98. The zero-order chi connectivity index (χ0) is 16.7. The Morgan fingerprint density at radius 1 is 0.958 bits per heavy atom. The first-order chi connectivity index (χ1) is 11.8. The number of unbranched alkanes of at least 4 members (excludes halogenated alkanes) is 1. The summed E-state index contributed by atoms with van der Waals surface area (Å²) in [6, 6.07) is 20.5. The second-order valence-electron chi connectivity index (χ2n) is 6.29. The van der Waals surface area contributed by atoms with Crippen molar-refractivity contribution in [2.45, 2.75) is 38.1 Å². The number of benzene rings is 2. The summed E-state index contributed by atoms with van der Waals surface area (Å²) in [4.78, 5) is 0. The molecule has 128 valence electrons. The predicted octanol–water partition coefficient (Wildman–Crippen LogP) is 4.08. The van der Waals surface area contributed by atoms with Crippen LogP contribution in [0.3, 0.4) is 0 Å². The van der Waals surface area contributed by atoms with Gasteiger partial charge in [0, 0.05) is 11.1 Å². The topological polar surface area (TPSA) is 30.5 Å². The molecular weight excluding hydrogens is 298 g/mol. The van der Waals surface area contributed by atoms with Crippen LogP contribution in [0.4, 0.5) is 0 Å². The van der Waals surface area contributed by atoms with Gasteiger partial charge in [0.1, 0.15) is 0 Å². The molecule has 1 aliphatic heterocycles. The van der Waals surface area contributed by atoms with E-state index < -0.39 is 5.79 Å². The Morgan fingerprint density at radius 2 is 1.58 bits per heavy atom. The largest absolute Gasteiger partial charge is 0.339 e. The summed E-state index contributed by atoms with van der Waals surface area (Å²) < 4.78 is 12.7. The lowest BCUT2D eigenvalue weighted by molar-refractivity contribution is -0.143. The fraction of sp³-hybridized carbons (Fsp3) is 0.429. The van der Waals surface area contributed by atoms with E-state index in [0.29, 0.717) is 6.61 Å². The van der Waals surface area contributed by atoms with Crippen molar-refractivity contribution in [2.24, 2.45) is 0 Å². The minimum Gasteiger partial charge on any atom is -0.339 e. The Bertz CT molecular complexity index is 560. The van der Waals surface area contributed by atoms with E-state index in [2.05, 4.69) is 36.5 Å². The van der Waals surface area contributed by atoms with Gasteiger partial charge in [-0.15, -0.1) is 0 Å². The van der Waals surface area contributed by atoms with Crippen LogP contribution in [0, 0.1) is 0 Å². The Labute approximate surface area is 145 Å². The molecule has 1 unspecified atom stereocenters. The van der Waals surface area contributed by atoms with E-state index in [1.165, 1.54) is 12.8 Å². The highest BCUT2D eigenvalue weighted by molar-refractivity contribution is 5.34. The fourth-order valence-electron chi connectivity index (χ4n) is 3.13. The molecule has 1 N–H and O–H groups in total. The predicted molar refractivity (Wildman–Crippen MR) is 96.9 cm³/mol. The summed E-state index contributed by atoms with van der Waals surface area (Å²) in [5.41, 5.74) is 2.11. The van der Waals surface area contributed by atoms with Crippen LogP contribution in [0.2, 0.25) is 0 Å². The van der Waals surface area contributed by atoms with Crippen LogP contribution in [0.15, 0.2) is 60.7 Å². The molecule has 0 amide bonds. The molecule has 0 aliphatic carbocycles. The molecule has 0 spiro atoms. The maximum absolute atomic E-state index is 6.47. The second kappa shape index (κ2) is 8.43. The van der Waals surface area contributed by atoms with E-state index in [-0.39, 0.29) is 6.10 Å². The summed E-state index contributed by atoms with van der Waals surface area (Å²) >= 11 is 0. The lowest BCUT2D eigenvalue weighted by Crippen LogP contribution is -2.30. The molecule has 2 aromatic rings. The van der Waals surface area contributed by atoms with E-state index in [1.54, 1.807) is 0 Å². The molecule has 0 saturated carbocycles. The van der Waals surface area contributed by atoms with Crippen LogP contribution in [-0.4, -0.2) is 25.8 Å². The van der Waals surface area contributed by atoms with Crippen molar-refractivity contribution in [3.63, 3.8) is 0 Å². The van der Waals surface area contributed by atoms with Crippen LogP contribution in [0.5, 0.6) is 0 Å². The van der Waals surface area contributed by atoms with Crippen LogP contribution < -0.4 is 5.32 Å². The first kappa shape index (κ1) is 17.2. The smallest absolute Gasteiger partial charge is 0.222 e. The molecule has 24 heavy (non-hydrogen) atoms. The molecular formula is C21H27NO2. The molecule has 1 atom stereocenters. The van der Waals surface area contributed by atoms with Crippen LogP contribution in [0.25, 0.3) is 0 Å². The van der Waals surface area contributed by atoms with Gasteiger partial charge in [0.25, 0.3) is 0 Å². The zero-order valence-corrected chi connectivity index (χ0v) is 14.4. The Hall–Kier alpha value is -1.68. The van der Waals surface area contributed by atoms with E-state index in [4.69, 9.17) is 9.47 Å². The summed E-state index contributed by atoms with van der Waals surface area (Å²) in [7, 11) is 0. The molecule has 0 radical (unpaired) electrons. The van der Waals surface area contributed by atoms with E-state index in [9.17, 15) is 0 Å². The van der Waals surface area contributed by atoms with Crippen LogP contribution in [-0.2, 0) is 15.3 Å². The van der Waals surface area contributed by atoms with Crippen LogP contribution >= 0.6 is 0 Å². The number of hydrogen-bond acceptors (Lipinski definition) is 3. The van der Waals surface area contributed by atoms with Gasteiger partial charge in [0.15, 0.2) is 0 Å². The number of hydrogen-bond donors (Lipinski definition) is 1. The van der Waals surface area contributed by atoms with Gasteiger partial charge in [-0.05, 0) is 25.9 Å². The van der Waals surface area contributed by atoms with Crippen molar-refractivity contribution in [1.82, 2.24) is 5.32 Å². The second-order valence-corrected chi connectivity index (χ2v) is 6.29. The third-order valence-corrected chi connectivity index (χ3v) is 4.46. The molecule has 3 heteroatoms. The highest BCUT2D eigenvalue weighted by Gasteiger charge is 2.44. The number of rotatable bonds is 8. The molecule has 3 nitrogen and oxygen atoms in total. The monoisotopic (exact) mass is 325 g/mol. The van der Waals surface area contributed by atoms with Crippen molar-refractivity contribution in [1.29, 1.82) is 0 Å². The molecule has 3 rings (SSSR count). The molecule has 1 heterocycles. The molecule has 2 aromatic carbocycles. The van der Waals surface area contributed by atoms with Crippen molar-refractivity contribution in [3.05, 3.63) is 71.8 Å². The van der Waals surface area contributed by atoms with E-state index >= 15 is 0 Å². The third kappa shape index (κ3) is 3.86. The first-order valence-electron chi connectivity index (χ1n) is 8.98. The molecule has 1 aliphatic rings. The van der Waals surface area contributed by atoms with Gasteiger partial charge in [-0.1, -0.05) is 74.0 Å². The summed E-state index contributed by atoms with van der Waals surface area (Å²) in [6.07, 6.45) is 3.52. The Balaban J connectivity index is 1.72. The quantitative estimate of drug-likeness (QED) is 0.742. The normalized spacial score (nSPS) is 19.5. The minimum absolute atomic E-state index is 0.111. The van der Waals surface area contributed by atoms with Gasteiger partial charge in [0.05, 0.1) is 12.7 Å². The fourth-order valence-corrected chi connectivity index (χ4v) is 3.13. The van der Waals surface area contributed by atoms with Gasteiger partial charge in [-0.25, -0.2) is 0 Å². The van der Waals surface area contributed by atoms with Crippen molar-refractivity contribution < 1.29 is 9.47 Å². The minimum atomic E-state index is -0.781. The van der Waals surface area contributed by atoms with Crippen LogP contribution in [0.1, 0.15) is 37.3 Å². The highest BCUT2D eigenvalue weighted by atomic mass is 16.7. The Morgan fingerprint density at radius 3 is 2.17 bits per heavy atom. The highest BCUT2D eigenvalue weighted by Crippen LogP contribution is 2.40. The zero-order valence-electron chi connectivity index (χ0n) is 14.4. The van der Waals surface area contributed by atoms with Gasteiger partial charge < -0.3 is 14.8 Å². The Kier molecular flexibility index (Phi) is 6.02. The maximum atomic E-state index is 6.47. The summed E-state index contributed by atoms with van der Waals surface area (Å²) in [5, 5.41) is 3.48. The molecule has 0 bridgehead atoms. The van der Waals surface area contributed by atoms with Crippen molar-refractivity contribution in [2.75, 3.05) is 19.7 Å². The van der Waals surface area contributed by atoms with Gasteiger partial charge >= 0.3 is 0 Å². The third-order valence-electron chi connectivity index (χ3n) is 4.46. The number of ether oxygens (including phenoxy) is 2. The average Bonchev–Trinajstić information content (AvgIpc) is 3.09. The molecule has 1 fully saturated rings. The maximum Gasteiger partial charge on any atom is 0.222 e. The molecule has 1 saturated heterocycles. The average molecular weight is 325 g/mol. The van der Waals surface area contributed by atoms with E-state index in [1.807, 2.05) is 36.4 Å².